The fraction of sp³-hybridized carbons (Fsp3) is 0.889. The third kappa shape index (κ3) is 7.74. The van der Waals surface area contributed by atoms with Gasteiger partial charge in [0.2, 0.25) is 0 Å². The molecule has 0 saturated carbocycles. The average molecular weight is 190 g/mol. The Hall–Kier alpha value is -0.610. The van der Waals surface area contributed by atoms with Crippen LogP contribution in [0.3, 0.4) is 0 Å². The molecule has 0 radical (unpaired) electrons. The van der Waals surface area contributed by atoms with E-state index >= 15 is 0 Å². The molecule has 0 aliphatic carbocycles. The van der Waals surface area contributed by atoms with Gasteiger partial charge in [0.05, 0.1) is 13.2 Å². The zero-order valence-corrected chi connectivity index (χ0v) is 8.54. The number of esters is 1. The first-order valence-electron chi connectivity index (χ1n) is 4.59. The summed E-state index contributed by atoms with van der Waals surface area (Å²) < 4.78 is 15.1. The van der Waals surface area contributed by atoms with Crippen molar-refractivity contribution in [1.82, 2.24) is 0 Å². The number of hydrogen-bond acceptors (Lipinski definition) is 4. The van der Waals surface area contributed by atoms with Crippen molar-refractivity contribution < 1.29 is 19.0 Å². The van der Waals surface area contributed by atoms with E-state index < -0.39 is 6.29 Å². The summed E-state index contributed by atoms with van der Waals surface area (Å²) in [6.45, 7) is 7.01. The summed E-state index contributed by atoms with van der Waals surface area (Å²) in [6.07, 6.45) is -0.105. The molecule has 0 N–H and O–H groups in total. The highest BCUT2D eigenvalue weighted by molar-refractivity contribution is 5.68. The molecule has 78 valence electrons. The van der Waals surface area contributed by atoms with E-state index in [1.807, 2.05) is 6.92 Å². The quantitative estimate of drug-likeness (QED) is 0.345. The van der Waals surface area contributed by atoms with E-state index in [0.717, 1.165) is 0 Å². The molecule has 0 amide bonds. The van der Waals surface area contributed by atoms with Gasteiger partial charge in [0.1, 0.15) is 0 Å². The maximum Gasteiger partial charge on any atom is 0.307 e. The highest BCUT2D eigenvalue weighted by atomic mass is 16.7. The van der Waals surface area contributed by atoms with Crippen LogP contribution in [0.2, 0.25) is 0 Å². The Morgan fingerprint density at radius 1 is 1.31 bits per heavy atom. The van der Waals surface area contributed by atoms with E-state index in [1.54, 1.807) is 13.8 Å². The largest absolute Gasteiger partial charge is 0.436 e. The molecule has 0 spiro atoms. The van der Waals surface area contributed by atoms with E-state index in [0.29, 0.717) is 26.2 Å². The third-order valence-corrected chi connectivity index (χ3v) is 1.37. The average Bonchev–Trinajstić information content (AvgIpc) is 2.12. The van der Waals surface area contributed by atoms with Crippen LogP contribution >= 0.6 is 0 Å². The molecule has 4 heteroatoms. The predicted octanol–water partition coefficient (Wildman–Crippen LogP) is 1.34. The monoisotopic (exact) mass is 190 g/mol. The molecule has 1 atom stereocenters. The maximum atomic E-state index is 10.8. The van der Waals surface area contributed by atoms with Gasteiger partial charge in [-0.3, -0.25) is 4.79 Å². The van der Waals surface area contributed by atoms with Crippen molar-refractivity contribution in [2.24, 2.45) is 0 Å². The molecule has 0 aromatic rings. The predicted molar refractivity (Wildman–Crippen MR) is 48.3 cm³/mol. The highest BCUT2D eigenvalue weighted by Gasteiger charge is 2.06. The lowest BCUT2D eigenvalue weighted by molar-refractivity contribution is -0.176. The van der Waals surface area contributed by atoms with Gasteiger partial charge >= 0.3 is 5.97 Å². The summed E-state index contributed by atoms with van der Waals surface area (Å²) in [5.41, 5.74) is 0. The number of carbonyl (C=O) groups is 1. The minimum Gasteiger partial charge on any atom is -0.436 e. The summed E-state index contributed by atoms with van der Waals surface area (Å²) in [4.78, 5) is 10.8. The van der Waals surface area contributed by atoms with Crippen LogP contribution in [0, 0.1) is 0 Å². The van der Waals surface area contributed by atoms with Crippen molar-refractivity contribution in [3.8, 4) is 0 Å². The van der Waals surface area contributed by atoms with E-state index in [4.69, 9.17) is 14.2 Å². The van der Waals surface area contributed by atoms with Gasteiger partial charge in [-0.05, 0) is 13.8 Å². The lowest BCUT2D eigenvalue weighted by Crippen LogP contribution is -2.19. The fourth-order valence-corrected chi connectivity index (χ4v) is 0.720. The SMILES string of the molecule is CCOCCOC(C)OC(=O)CC. The van der Waals surface area contributed by atoms with Crippen LogP contribution in [0.4, 0.5) is 0 Å². The Morgan fingerprint density at radius 2 is 2.00 bits per heavy atom. The van der Waals surface area contributed by atoms with Crippen LogP contribution in [0.15, 0.2) is 0 Å². The summed E-state index contributed by atoms with van der Waals surface area (Å²) in [5, 5.41) is 0. The first-order valence-corrected chi connectivity index (χ1v) is 4.59. The summed E-state index contributed by atoms with van der Waals surface area (Å²) in [5.74, 6) is -0.246. The van der Waals surface area contributed by atoms with Gasteiger partial charge in [0, 0.05) is 13.0 Å². The number of carbonyl (C=O) groups excluding carboxylic acids is 1. The summed E-state index contributed by atoms with van der Waals surface area (Å²) >= 11 is 0. The van der Waals surface area contributed by atoms with Crippen LogP contribution in [0.1, 0.15) is 27.2 Å². The van der Waals surface area contributed by atoms with Crippen LogP contribution in [-0.4, -0.2) is 32.1 Å². The Morgan fingerprint density at radius 3 is 2.54 bits per heavy atom. The van der Waals surface area contributed by atoms with Gasteiger partial charge in [-0.2, -0.15) is 0 Å². The molecule has 0 fully saturated rings. The molecule has 0 heterocycles. The van der Waals surface area contributed by atoms with Crippen molar-refractivity contribution in [2.75, 3.05) is 19.8 Å². The van der Waals surface area contributed by atoms with Crippen molar-refractivity contribution in [3.05, 3.63) is 0 Å². The lowest BCUT2D eigenvalue weighted by Gasteiger charge is -2.13. The van der Waals surface area contributed by atoms with E-state index in [9.17, 15) is 4.79 Å². The molecule has 0 aliphatic heterocycles. The van der Waals surface area contributed by atoms with Crippen LogP contribution in [-0.2, 0) is 19.0 Å². The van der Waals surface area contributed by atoms with Crippen molar-refractivity contribution in [1.29, 1.82) is 0 Å². The molecule has 0 aromatic heterocycles. The summed E-state index contributed by atoms with van der Waals surface area (Å²) in [6, 6.07) is 0. The molecule has 13 heavy (non-hydrogen) atoms. The third-order valence-electron chi connectivity index (χ3n) is 1.37. The molecule has 0 bridgehead atoms. The molecule has 0 aliphatic rings. The lowest BCUT2D eigenvalue weighted by atomic mass is 10.5. The molecule has 0 saturated heterocycles. The Balaban J connectivity index is 3.29. The number of rotatable bonds is 7. The zero-order chi connectivity index (χ0) is 10.1. The van der Waals surface area contributed by atoms with E-state index in [-0.39, 0.29) is 5.97 Å². The topological polar surface area (TPSA) is 44.8 Å². The highest BCUT2D eigenvalue weighted by Crippen LogP contribution is 1.96. The number of ether oxygens (including phenoxy) is 3. The second-order valence-corrected chi connectivity index (χ2v) is 2.48. The molecular formula is C9H18O4. The Labute approximate surface area is 79.2 Å². The smallest absolute Gasteiger partial charge is 0.307 e. The van der Waals surface area contributed by atoms with Crippen LogP contribution < -0.4 is 0 Å². The molecule has 1 unspecified atom stereocenters. The van der Waals surface area contributed by atoms with E-state index in [1.165, 1.54) is 0 Å². The molecule has 0 aromatic carbocycles. The van der Waals surface area contributed by atoms with Gasteiger partial charge in [-0.1, -0.05) is 6.92 Å². The van der Waals surface area contributed by atoms with E-state index in [2.05, 4.69) is 0 Å². The first kappa shape index (κ1) is 12.4. The minimum atomic E-state index is -0.479. The Bertz CT molecular complexity index is 136. The first-order chi connectivity index (χ1) is 6.20. The maximum absolute atomic E-state index is 10.8. The van der Waals surface area contributed by atoms with Gasteiger partial charge in [-0.25, -0.2) is 0 Å². The Kier molecular flexibility index (Phi) is 7.63. The molecule has 4 nitrogen and oxygen atoms in total. The van der Waals surface area contributed by atoms with Crippen molar-refractivity contribution in [2.45, 2.75) is 33.5 Å². The van der Waals surface area contributed by atoms with Gasteiger partial charge in [-0.15, -0.1) is 0 Å². The van der Waals surface area contributed by atoms with Gasteiger partial charge in [0.25, 0.3) is 0 Å². The van der Waals surface area contributed by atoms with Crippen molar-refractivity contribution >= 4 is 5.97 Å². The zero-order valence-electron chi connectivity index (χ0n) is 8.54. The normalized spacial score (nSPS) is 12.5. The number of hydrogen-bond donors (Lipinski definition) is 0. The minimum absolute atomic E-state index is 0.246. The summed E-state index contributed by atoms with van der Waals surface area (Å²) in [7, 11) is 0. The van der Waals surface area contributed by atoms with Gasteiger partial charge in [0.15, 0.2) is 6.29 Å². The van der Waals surface area contributed by atoms with Crippen LogP contribution in [0.25, 0.3) is 0 Å². The second kappa shape index (κ2) is 8.01. The van der Waals surface area contributed by atoms with Crippen molar-refractivity contribution in [3.63, 3.8) is 0 Å². The second-order valence-electron chi connectivity index (χ2n) is 2.48. The molecular weight excluding hydrogens is 172 g/mol. The fourth-order valence-electron chi connectivity index (χ4n) is 0.720. The standard InChI is InChI=1S/C9H18O4/c1-4-9(10)13-8(3)12-7-6-11-5-2/h8H,4-7H2,1-3H3. The van der Waals surface area contributed by atoms with Gasteiger partial charge < -0.3 is 14.2 Å². The molecule has 0 rings (SSSR count). The van der Waals surface area contributed by atoms with Crippen LogP contribution in [0.5, 0.6) is 0 Å².